The van der Waals surface area contributed by atoms with Gasteiger partial charge in [0.2, 0.25) is 0 Å². The van der Waals surface area contributed by atoms with Gasteiger partial charge in [-0.2, -0.15) is 0 Å². The summed E-state index contributed by atoms with van der Waals surface area (Å²) in [4.78, 5) is 12.3. The molecule has 0 spiro atoms. The van der Waals surface area contributed by atoms with Crippen LogP contribution in [0.3, 0.4) is 0 Å². The Kier molecular flexibility index (Phi) is 68.6. The van der Waals surface area contributed by atoms with E-state index in [4.69, 9.17) is 9.98 Å². The number of aryl methyl sites for hydroxylation is 2. The van der Waals surface area contributed by atoms with Crippen LogP contribution in [0.4, 0.5) is 11.4 Å². The summed E-state index contributed by atoms with van der Waals surface area (Å²) in [6.45, 7) is 23.4. The fourth-order valence-electron chi connectivity index (χ4n) is 14.5. The smallest absolute Gasteiger partial charge is 0.252 e. The van der Waals surface area contributed by atoms with Crippen molar-refractivity contribution in [3.05, 3.63) is 154 Å². The van der Waals surface area contributed by atoms with Crippen LogP contribution in [0.25, 0.3) is 0 Å². The molecular weight excluding hydrogens is 1280 g/mol. The van der Waals surface area contributed by atoms with Crippen LogP contribution in [0, 0.1) is 0 Å². The third kappa shape index (κ3) is 49.9. The standard InChI is InChI=1S/C99H166N2.Ni/c1-11-20-29-37-45-53-61-69-77-89-86-98(95(83-75-67-59-51-43-35-26-17-7)93(81-73-65-57-49-41-33-24-15-5)91(89)79-71-63-55-47-39-31-22-13-3)100-88(10)97(85-28-19-9)101-99-87-90(78-70-62-54-46-38-30-21-12-2)92(80-72-64-56-48-40-32-23-14-4)94(82-74-66-58-50-42-34-25-16-6)96(99)84-76-68-60-52-44-36-27-18-8;/h53-68,86-87H,11-52,69-85H2,1-10H3;/q;+2/b61-53+,62-54+,63-55+,64-56+,65-57+,66-58+,67-59+,68-60+,100-88+,101-97+;. The van der Waals surface area contributed by atoms with E-state index in [9.17, 15) is 0 Å². The number of benzene rings is 2. The van der Waals surface area contributed by atoms with Gasteiger partial charge in [-0.25, -0.2) is 0 Å². The molecule has 580 valence electrons. The minimum Gasteiger partial charge on any atom is -0.252 e. The van der Waals surface area contributed by atoms with E-state index in [0.717, 1.165) is 128 Å². The molecule has 0 aliphatic heterocycles. The zero-order valence-corrected chi connectivity index (χ0v) is 70.3. The summed E-state index contributed by atoms with van der Waals surface area (Å²) < 4.78 is 0. The Hall–Kier alpha value is -3.81. The van der Waals surface area contributed by atoms with E-state index in [1.165, 1.54) is 296 Å². The molecule has 0 heterocycles. The van der Waals surface area contributed by atoms with Crippen molar-refractivity contribution >= 4 is 22.8 Å². The molecular formula is C99H166N2Ni+2. The molecule has 2 aromatic carbocycles. The van der Waals surface area contributed by atoms with Crippen molar-refractivity contribution in [2.45, 2.75) is 448 Å². The zero-order chi connectivity index (χ0) is 72.8. The van der Waals surface area contributed by atoms with Gasteiger partial charge in [0.05, 0.1) is 22.8 Å². The number of allylic oxidation sites excluding steroid dienone is 16. The maximum absolute atomic E-state index is 6.18. The quantitative estimate of drug-likeness (QED) is 0.0273. The molecule has 0 saturated heterocycles. The Morgan fingerprint density at radius 2 is 0.431 bits per heavy atom. The zero-order valence-electron chi connectivity index (χ0n) is 69.3. The van der Waals surface area contributed by atoms with Gasteiger partial charge >= 0.3 is 16.5 Å². The van der Waals surface area contributed by atoms with Crippen molar-refractivity contribution in [2.24, 2.45) is 9.98 Å². The van der Waals surface area contributed by atoms with Gasteiger partial charge in [-0.15, -0.1) is 0 Å². The molecule has 0 radical (unpaired) electrons. The number of hydrogen-bond acceptors (Lipinski definition) is 2. The van der Waals surface area contributed by atoms with Crippen molar-refractivity contribution in [3.63, 3.8) is 0 Å². The number of nitrogens with zero attached hydrogens (tertiary/aromatic N) is 2. The van der Waals surface area contributed by atoms with E-state index >= 15 is 0 Å². The van der Waals surface area contributed by atoms with Gasteiger partial charge in [-0.05, 0) is 282 Å². The predicted molar refractivity (Wildman–Crippen MR) is 462 cm³/mol. The van der Waals surface area contributed by atoms with Crippen LogP contribution >= 0.6 is 0 Å². The fourth-order valence-corrected chi connectivity index (χ4v) is 14.5. The Labute approximate surface area is 647 Å². The van der Waals surface area contributed by atoms with Crippen LogP contribution in [0.1, 0.15) is 441 Å². The summed E-state index contributed by atoms with van der Waals surface area (Å²) in [5.41, 5.74) is 17.3. The Morgan fingerprint density at radius 3 is 0.676 bits per heavy atom. The third-order valence-corrected chi connectivity index (χ3v) is 20.9. The molecule has 0 saturated carbocycles. The molecule has 0 N–H and O–H groups in total. The van der Waals surface area contributed by atoms with Crippen LogP contribution < -0.4 is 0 Å². The second kappa shape index (κ2) is 72.7. The molecule has 0 amide bonds. The van der Waals surface area contributed by atoms with Gasteiger partial charge in [0.25, 0.3) is 0 Å². The van der Waals surface area contributed by atoms with Gasteiger partial charge in [0.1, 0.15) is 0 Å². The number of unbranched alkanes of at least 4 members (excludes halogenated alkanes) is 33. The fraction of sp³-hybridized carbons (Fsp3) is 0.697. The average molecular weight is 1440 g/mol. The van der Waals surface area contributed by atoms with Gasteiger partial charge < -0.3 is 0 Å². The molecule has 3 heteroatoms. The largest absolute Gasteiger partial charge is 2.00 e. The number of aliphatic imine (C=N–C) groups is 2. The van der Waals surface area contributed by atoms with Gasteiger partial charge in [0, 0.05) is 0 Å². The summed E-state index contributed by atoms with van der Waals surface area (Å²) in [6.07, 6.45) is 112. The Balaban J connectivity index is 0.0000520. The second-order valence-corrected chi connectivity index (χ2v) is 30.2. The minimum absolute atomic E-state index is 0. The van der Waals surface area contributed by atoms with Crippen molar-refractivity contribution in [1.29, 1.82) is 0 Å². The van der Waals surface area contributed by atoms with E-state index in [2.05, 4.69) is 179 Å². The van der Waals surface area contributed by atoms with E-state index in [1.807, 2.05) is 0 Å². The van der Waals surface area contributed by atoms with Crippen molar-refractivity contribution in [1.82, 2.24) is 0 Å². The topological polar surface area (TPSA) is 24.7 Å². The van der Waals surface area contributed by atoms with Crippen molar-refractivity contribution in [3.8, 4) is 0 Å². The Bertz CT molecular complexity index is 2570. The van der Waals surface area contributed by atoms with Crippen LogP contribution in [0.15, 0.2) is 119 Å². The van der Waals surface area contributed by atoms with E-state index < -0.39 is 0 Å². The molecule has 2 rings (SSSR count). The van der Waals surface area contributed by atoms with Crippen LogP contribution in [0.2, 0.25) is 0 Å². The summed E-state index contributed by atoms with van der Waals surface area (Å²) in [5, 5.41) is 0. The summed E-state index contributed by atoms with van der Waals surface area (Å²) >= 11 is 0. The normalized spacial score (nSPS) is 12.7. The first-order valence-corrected chi connectivity index (χ1v) is 44.5. The summed E-state index contributed by atoms with van der Waals surface area (Å²) in [5.74, 6) is 0. The molecule has 2 aromatic rings. The number of hydrogen-bond donors (Lipinski definition) is 0. The van der Waals surface area contributed by atoms with Gasteiger partial charge in [0.15, 0.2) is 0 Å². The summed E-state index contributed by atoms with van der Waals surface area (Å²) in [6, 6.07) is 5.25. The third-order valence-electron chi connectivity index (χ3n) is 20.9. The molecule has 2 nitrogen and oxygen atoms in total. The maximum Gasteiger partial charge on any atom is 2.00 e. The van der Waals surface area contributed by atoms with Crippen LogP contribution in [-0.4, -0.2) is 11.4 Å². The average Bonchev–Trinajstić information content (AvgIpc) is 0.794. The van der Waals surface area contributed by atoms with Crippen molar-refractivity contribution in [2.75, 3.05) is 0 Å². The maximum atomic E-state index is 6.18. The van der Waals surface area contributed by atoms with Crippen LogP contribution in [-0.2, 0) is 67.9 Å². The van der Waals surface area contributed by atoms with Gasteiger partial charge in [-0.1, -0.05) is 320 Å². The monoisotopic (exact) mass is 1440 g/mol. The molecule has 0 aliphatic rings. The molecule has 102 heavy (non-hydrogen) atoms. The molecule has 0 bridgehead atoms. The SMILES string of the molecule is CCCCCC/C=C/CCc1cc(/N=C(C)/C(CCCC)=N/c2cc(CC/C=C/CCCCCC)c(CC/C=C/CCCCCC)c(CC/C=C/CCCCCC)c2CC/C=C/CCCCCC)c(CC/C=C/CCCCCC)c(CC/C=C/CCCCCC)c1CC/C=C/CCCCCC.[Ni+2]. The first kappa shape index (κ1) is 96.2. The minimum atomic E-state index is 0. The van der Waals surface area contributed by atoms with E-state index in [1.54, 1.807) is 22.3 Å². The predicted octanol–water partition coefficient (Wildman–Crippen LogP) is 33.4. The molecule has 0 unspecified atom stereocenters. The molecule has 0 atom stereocenters. The number of rotatable bonds is 70. The van der Waals surface area contributed by atoms with E-state index in [0.29, 0.717) is 0 Å². The molecule has 0 aromatic heterocycles. The van der Waals surface area contributed by atoms with Gasteiger partial charge in [-0.3, -0.25) is 9.98 Å². The first-order valence-electron chi connectivity index (χ1n) is 44.5. The first-order chi connectivity index (χ1) is 49.9. The van der Waals surface area contributed by atoms with E-state index in [-0.39, 0.29) is 16.5 Å². The molecule has 0 aliphatic carbocycles. The Morgan fingerprint density at radius 1 is 0.225 bits per heavy atom. The van der Waals surface area contributed by atoms with Crippen molar-refractivity contribution < 1.29 is 16.5 Å². The van der Waals surface area contributed by atoms with Crippen LogP contribution in [0.5, 0.6) is 0 Å². The molecule has 0 fully saturated rings. The summed E-state index contributed by atoms with van der Waals surface area (Å²) in [7, 11) is 0. The second-order valence-electron chi connectivity index (χ2n) is 30.2.